The number of nitrogens with one attached hydrogen (secondary N) is 2. The second-order valence-corrected chi connectivity index (χ2v) is 5.86. The van der Waals surface area contributed by atoms with Gasteiger partial charge in [0.05, 0.1) is 6.10 Å². The van der Waals surface area contributed by atoms with Crippen LogP contribution in [0.2, 0.25) is 0 Å². The number of aryl methyl sites for hydroxylation is 1. The van der Waals surface area contributed by atoms with E-state index in [1.807, 2.05) is 19.1 Å². The zero-order chi connectivity index (χ0) is 15.2. The molecule has 21 heavy (non-hydrogen) atoms. The van der Waals surface area contributed by atoms with E-state index in [9.17, 15) is 4.79 Å². The van der Waals surface area contributed by atoms with Gasteiger partial charge in [-0.1, -0.05) is 13.3 Å². The van der Waals surface area contributed by atoms with E-state index in [-0.39, 0.29) is 5.91 Å². The summed E-state index contributed by atoms with van der Waals surface area (Å²) >= 11 is 0. The lowest BCUT2D eigenvalue weighted by molar-refractivity contribution is -0.114. The molecule has 4 heteroatoms. The maximum Gasteiger partial charge on any atom is 0.221 e. The molecule has 0 bridgehead atoms. The van der Waals surface area contributed by atoms with Crippen LogP contribution >= 0.6 is 0 Å². The van der Waals surface area contributed by atoms with Crippen molar-refractivity contribution < 1.29 is 9.53 Å². The molecule has 1 saturated heterocycles. The van der Waals surface area contributed by atoms with Crippen molar-refractivity contribution in [2.45, 2.75) is 58.6 Å². The largest absolute Gasteiger partial charge is 0.382 e. The number of hydrogen-bond acceptors (Lipinski definition) is 3. The summed E-state index contributed by atoms with van der Waals surface area (Å²) in [6.45, 7) is 6.58. The molecular weight excluding hydrogens is 264 g/mol. The summed E-state index contributed by atoms with van der Waals surface area (Å²) in [5.41, 5.74) is 3.07. The summed E-state index contributed by atoms with van der Waals surface area (Å²) in [5, 5.41) is 6.44. The van der Waals surface area contributed by atoms with Gasteiger partial charge >= 0.3 is 0 Å². The van der Waals surface area contributed by atoms with Gasteiger partial charge in [-0.15, -0.1) is 0 Å². The van der Waals surface area contributed by atoms with Gasteiger partial charge < -0.3 is 15.4 Å². The number of amides is 1. The minimum atomic E-state index is -0.0364. The smallest absolute Gasteiger partial charge is 0.221 e. The Balaban J connectivity index is 1.96. The third-order valence-corrected chi connectivity index (χ3v) is 3.89. The molecule has 1 heterocycles. The molecule has 0 spiro atoms. The predicted octanol–water partition coefficient (Wildman–Crippen LogP) is 3.71. The highest BCUT2D eigenvalue weighted by Gasteiger charge is 2.21. The van der Waals surface area contributed by atoms with Gasteiger partial charge in [-0.2, -0.15) is 0 Å². The van der Waals surface area contributed by atoms with Crippen LogP contribution in [0, 0.1) is 6.92 Å². The maximum atomic E-state index is 11.1. The van der Waals surface area contributed by atoms with Gasteiger partial charge in [0.1, 0.15) is 0 Å². The Morgan fingerprint density at radius 3 is 2.90 bits per heavy atom. The fourth-order valence-electron chi connectivity index (χ4n) is 2.85. The number of rotatable bonds is 5. The molecule has 4 nitrogen and oxygen atoms in total. The second-order valence-electron chi connectivity index (χ2n) is 5.86. The fourth-order valence-corrected chi connectivity index (χ4v) is 2.85. The Hall–Kier alpha value is -1.55. The average molecular weight is 290 g/mol. The van der Waals surface area contributed by atoms with Gasteiger partial charge in [0, 0.05) is 30.9 Å². The molecule has 1 fully saturated rings. The first-order chi connectivity index (χ1) is 10.1. The van der Waals surface area contributed by atoms with E-state index in [4.69, 9.17) is 4.74 Å². The van der Waals surface area contributed by atoms with Crippen LogP contribution in [0.3, 0.4) is 0 Å². The Labute approximate surface area is 127 Å². The molecule has 1 aliphatic heterocycles. The van der Waals surface area contributed by atoms with Crippen LogP contribution < -0.4 is 10.6 Å². The molecular formula is C17H26N2O2. The van der Waals surface area contributed by atoms with E-state index in [0.29, 0.717) is 12.1 Å². The number of ether oxygens (including phenoxy) is 1. The summed E-state index contributed by atoms with van der Waals surface area (Å²) in [5.74, 6) is -0.0364. The van der Waals surface area contributed by atoms with Crippen LogP contribution in [0.15, 0.2) is 18.2 Å². The van der Waals surface area contributed by atoms with Gasteiger partial charge in [-0.25, -0.2) is 0 Å². The minimum absolute atomic E-state index is 0.0364. The number of hydrogen-bond donors (Lipinski definition) is 2. The van der Waals surface area contributed by atoms with Crippen LogP contribution in [0.5, 0.6) is 0 Å². The van der Waals surface area contributed by atoms with Crippen molar-refractivity contribution in [1.29, 1.82) is 0 Å². The summed E-state index contributed by atoms with van der Waals surface area (Å²) in [6.07, 6.45) is 4.81. The standard InChI is InChI=1S/C17H26N2O2/c1-4-5-16-11-15(8-9-21-16)19-14-6-7-17(12(2)10-14)18-13(3)20/h6-7,10,15-16,19H,4-5,8-9,11H2,1-3H3,(H,18,20). The summed E-state index contributed by atoms with van der Waals surface area (Å²) in [6, 6.07) is 6.56. The van der Waals surface area contributed by atoms with E-state index in [0.717, 1.165) is 42.8 Å². The Morgan fingerprint density at radius 1 is 1.43 bits per heavy atom. The third kappa shape index (κ3) is 4.74. The summed E-state index contributed by atoms with van der Waals surface area (Å²) < 4.78 is 5.79. The molecule has 2 atom stereocenters. The highest BCUT2D eigenvalue weighted by molar-refractivity contribution is 5.89. The number of benzene rings is 1. The lowest BCUT2D eigenvalue weighted by Crippen LogP contribution is -2.34. The minimum Gasteiger partial charge on any atom is -0.382 e. The third-order valence-electron chi connectivity index (χ3n) is 3.89. The van der Waals surface area contributed by atoms with E-state index in [2.05, 4.69) is 23.6 Å². The zero-order valence-electron chi connectivity index (χ0n) is 13.2. The van der Waals surface area contributed by atoms with Crippen LogP contribution in [0.1, 0.15) is 45.1 Å². The van der Waals surface area contributed by atoms with E-state index in [1.54, 1.807) is 0 Å². The highest BCUT2D eigenvalue weighted by atomic mass is 16.5. The van der Waals surface area contributed by atoms with Gasteiger partial charge in [0.25, 0.3) is 0 Å². The summed E-state index contributed by atoms with van der Waals surface area (Å²) in [7, 11) is 0. The molecule has 0 saturated carbocycles. The van der Waals surface area contributed by atoms with Gasteiger partial charge in [0.15, 0.2) is 0 Å². The first kappa shape index (κ1) is 15.8. The lowest BCUT2D eigenvalue weighted by Gasteiger charge is -2.30. The first-order valence-corrected chi connectivity index (χ1v) is 7.85. The van der Waals surface area contributed by atoms with Gasteiger partial charge in [-0.3, -0.25) is 4.79 Å². The Kier molecular flexibility index (Phi) is 5.62. The highest BCUT2D eigenvalue weighted by Crippen LogP contribution is 2.24. The number of carbonyl (C=O) groups excluding carboxylic acids is 1. The van der Waals surface area contributed by atoms with Crippen molar-refractivity contribution in [3.05, 3.63) is 23.8 Å². The molecule has 2 unspecified atom stereocenters. The molecule has 0 aromatic heterocycles. The van der Waals surface area contributed by atoms with Crippen LogP contribution in [-0.4, -0.2) is 24.7 Å². The zero-order valence-corrected chi connectivity index (χ0v) is 13.2. The summed E-state index contributed by atoms with van der Waals surface area (Å²) in [4.78, 5) is 11.1. The number of anilines is 2. The van der Waals surface area contributed by atoms with Crippen LogP contribution in [0.25, 0.3) is 0 Å². The predicted molar refractivity (Wildman–Crippen MR) is 86.8 cm³/mol. The van der Waals surface area contributed by atoms with E-state index < -0.39 is 0 Å². The van der Waals surface area contributed by atoms with E-state index in [1.165, 1.54) is 13.3 Å². The Bertz CT molecular complexity index is 486. The normalized spacial score (nSPS) is 21.9. The first-order valence-electron chi connectivity index (χ1n) is 7.85. The van der Waals surface area contributed by atoms with Crippen molar-refractivity contribution in [2.24, 2.45) is 0 Å². The Morgan fingerprint density at radius 2 is 2.24 bits per heavy atom. The van der Waals surface area contributed by atoms with Gasteiger partial charge in [0.2, 0.25) is 5.91 Å². The molecule has 116 valence electrons. The SMILES string of the molecule is CCCC1CC(Nc2ccc(NC(C)=O)c(C)c2)CCO1. The van der Waals surface area contributed by atoms with Crippen LogP contribution in [-0.2, 0) is 9.53 Å². The van der Waals surface area contributed by atoms with Crippen molar-refractivity contribution >= 4 is 17.3 Å². The molecule has 0 aliphatic carbocycles. The molecule has 1 aliphatic rings. The average Bonchev–Trinajstić information content (AvgIpc) is 2.42. The second kappa shape index (κ2) is 7.46. The molecule has 2 N–H and O–H groups in total. The van der Waals surface area contributed by atoms with Crippen LogP contribution in [0.4, 0.5) is 11.4 Å². The molecule has 0 radical (unpaired) electrons. The fraction of sp³-hybridized carbons (Fsp3) is 0.588. The molecule has 1 aromatic carbocycles. The molecule has 1 amide bonds. The van der Waals surface area contributed by atoms with Crippen molar-refractivity contribution in [2.75, 3.05) is 17.2 Å². The number of carbonyl (C=O) groups is 1. The van der Waals surface area contributed by atoms with E-state index >= 15 is 0 Å². The molecule has 1 aromatic rings. The van der Waals surface area contributed by atoms with Crippen molar-refractivity contribution in [3.8, 4) is 0 Å². The van der Waals surface area contributed by atoms with Crippen molar-refractivity contribution in [1.82, 2.24) is 0 Å². The molecule has 2 rings (SSSR count). The lowest BCUT2D eigenvalue weighted by atomic mass is 9.99. The maximum absolute atomic E-state index is 11.1. The quantitative estimate of drug-likeness (QED) is 0.869. The van der Waals surface area contributed by atoms with Crippen molar-refractivity contribution in [3.63, 3.8) is 0 Å². The topological polar surface area (TPSA) is 50.4 Å². The monoisotopic (exact) mass is 290 g/mol. The van der Waals surface area contributed by atoms with Gasteiger partial charge in [-0.05, 0) is 49.9 Å².